The number of hydrogen-bond donors (Lipinski definition) is 2. The Labute approximate surface area is 167 Å². The Morgan fingerprint density at radius 3 is 2.93 bits per heavy atom. The summed E-state index contributed by atoms with van der Waals surface area (Å²) >= 11 is 0. The highest BCUT2D eigenvalue weighted by molar-refractivity contribution is 5.98. The highest BCUT2D eigenvalue weighted by Crippen LogP contribution is 2.37. The Morgan fingerprint density at radius 2 is 2.24 bits per heavy atom. The van der Waals surface area contributed by atoms with E-state index in [9.17, 15) is 14.4 Å². The van der Waals surface area contributed by atoms with Gasteiger partial charge < -0.3 is 15.8 Å². The van der Waals surface area contributed by atoms with Crippen molar-refractivity contribution < 1.29 is 13.9 Å². The lowest BCUT2D eigenvalue weighted by molar-refractivity contribution is 0.00154. The summed E-state index contributed by atoms with van der Waals surface area (Å²) in [5.74, 6) is -0.664. The molecule has 0 saturated heterocycles. The van der Waals surface area contributed by atoms with Gasteiger partial charge in [0.05, 0.1) is 24.1 Å². The van der Waals surface area contributed by atoms with Crippen molar-refractivity contribution in [3.05, 3.63) is 36.0 Å². The van der Waals surface area contributed by atoms with E-state index in [1.165, 1.54) is 25.1 Å². The van der Waals surface area contributed by atoms with Crippen LogP contribution in [0.2, 0.25) is 0 Å². The van der Waals surface area contributed by atoms with Gasteiger partial charge in [-0.3, -0.25) is 9.48 Å². The number of anilines is 2. The zero-order chi connectivity index (χ0) is 20.4. The molecule has 8 nitrogen and oxygen atoms in total. The topological polar surface area (TPSA) is 119 Å². The molecule has 2 fully saturated rings. The molecule has 2 heterocycles. The first kappa shape index (κ1) is 19.3. The summed E-state index contributed by atoms with van der Waals surface area (Å²) < 4.78 is 21.0. The number of amides is 1. The smallest absolute Gasteiger partial charge is 0.254 e. The second-order valence-electron chi connectivity index (χ2n) is 7.74. The number of nitrogens with two attached hydrogens (primary N) is 1. The van der Waals surface area contributed by atoms with E-state index in [1.54, 1.807) is 16.9 Å². The van der Waals surface area contributed by atoms with Gasteiger partial charge >= 0.3 is 0 Å². The van der Waals surface area contributed by atoms with Gasteiger partial charge in [0, 0.05) is 30.8 Å². The lowest BCUT2D eigenvalue weighted by Gasteiger charge is -2.32. The second-order valence-corrected chi connectivity index (χ2v) is 7.74. The number of carbonyl (C=O) groups is 1. The van der Waals surface area contributed by atoms with Crippen LogP contribution in [0.1, 0.15) is 48.5 Å². The average Bonchev–Trinajstić information content (AvgIpc) is 3.44. The fourth-order valence-corrected chi connectivity index (χ4v) is 3.73. The summed E-state index contributed by atoms with van der Waals surface area (Å²) in [6, 6.07) is 4.95. The van der Waals surface area contributed by atoms with Crippen LogP contribution in [0.4, 0.5) is 15.9 Å². The number of pyridine rings is 1. The Kier molecular flexibility index (Phi) is 5.45. The molecule has 4 rings (SSSR count). The largest absolute Gasteiger partial charge is 0.378 e. The van der Waals surface area contributed by atoms with Gasteiger partial charge in [0.15, 0.2) is 5.82 Å². The SMILES string of the molecule is N#C[C@H]1C[C@H](OCC2CC2)CC[C@H]1n1cc(C(N)=O)c(Nc2ccnc(F)c2)n1. The van der Waals surface area contributed by atoms with Crippen molar-refractivity contribution in [3.8, 4) is 6.07 Å². The summed E-state index contributed by atoms with van der Waals surface area (Å²) in [6.07, 6.45) is 7.61. The van der Waals surface area contributed by atoms with Crippen molar-refractivity contribution >= 4 is 17.4 Å². The predicted octanol–water partition coefficient (Wildman–Crippen LogP) is 2.92. The van der Waals surface area contributed by atoms with E-state index in [1.807, 2.05) is 0 Å². The molecule has 2 saturated carbocycles. The number of nitrogens with one attached hydrogen (secondary N) is 1. The summed E-state index contributed by atoms with van der Waals surface area (Å²) in [6.45, 7) is 0.775. The maximum atomic E-state index is 13.4. The average molecular weight is 398 g/mol. The van der Waals surface area contributed by atoms with Gasteiger partial charge in [-0.25, -0.2) is 4.98 Å². The number of nitrogens with zero attached hydrogens (tertiary/aromatic N) is 4. The molecule has 2 aromatic rings. The van der Waals surface area contributed by atoms with E-state index in [4.69, 9.17) is 10.5 Å². The summed E-state index contributed by atoms with van der Waals surface area (Å²) in [7, 11) is 0. The van der Waals surface area contributed by atoms with Crippen LogP contribution in [0.15, 0.2) is 24.5 Å². The zero-order valence-electron chi connectivity index (χ0n) is 15.9. The molecule has 29 heavy (non-hydrogen) atoms. The summed E-state index contributed by atoms with van der Waals surface area (Å²) in [5, 5.41) is 17.1. The second kappa shape index (κ2) is 8.17. The van der Waals surface area contributed by atoms with E-state index in [0.717, 1.165) is 19.4 Å². The molecule has 3 N–H and O–H groups in total. The minimum atomic E-state index is -0.650. The van der Waals surface area contributed by atoms with Crippen LogP contribution in [0.5, 0.6) is 0 Å². The van der Waals surface area contributed by atoms with Gasteiger partial charge in [-0.2, -0.15) is 14.8 Å². The van der Waals surface area contributed by atoms with E-state index >= 15 is 0 Å². The van der Waals surface area contributed by atoms with E-state index in [-0.39, 0.29) is 29.4 Å². The van der Waals surface area contributed by atoms with Crippen LogP contribution in [-0.4, -0.2) is 33.4 Å². The first-order chi connectivity index (χ1) is 14.0. The molecule has 0 unspecified atom stereocenters. The van der Waals surface area contributed by atoms with Crippen LogP contribution in [0.25, 0.3) is 0 Å². The molecule has 0 aromatic carbocycles. The van der Waals surface area contributed by atoms with Gasteiger partial charge in [0.1, 0.15) is 5.56 Å². The molecule has 0 bridgehead atoms. The maximum absolute atomic E-state index is 13.4. The molecule has 0 aliphatic heterocycles. The predicted molar refractivity (Wildman–Crippen MR) is 103 cm³/mol. The Balaban J connectivity index is 1.51. The molecule has 0 spiro atoms. The third kappa shape index (κ3) is 4.54. The van der Waals surface area contributed by atoms with Gasteiger partial charge in [-0.05, 0) is 44.1 Å². The van der Waals surface area contributed by atoms with E-state index < -0.39 is 11.9 Å². The lowest BCUT2D eigenvalue weighted by atomic mass is 9.83. The summed E-state index contributed by atoms with van der Waals surface area (Å²) in [5.41, 5.74) is 6.09. The molecule has 1 amide bonds. The van der Waals surface area contributed by atoms with Gasteiger partial charge in [0.2, 0.25) is 5.95 Å². The Hall–Kier alpha value is -2.99. The highest BCUT2D eigenvalue weighted by atomic mass is 19.1. The molecule has 2 aromatic heterocycles. The van der Waals surface area contributed by atoms with Crippen molar-refractivity contribution in [1.29, 1.82) is 5.26 Å². The Morgan fingerprint density at radius 1 is 1.41 bits per heavy atom. The lowest BCUT2D eigenvalue weighted by Crippen LogP contribution is -2.31. The number of ether oxygens (including phenoxy) is 1. The van der Waals surface area contributed by atoms with Crippen LogP contribution >= 0.6 is 0 Å². The number of aromatic nitrogens is 3. The molecule has 2 aliphatic carbocycles. The summed E-state index contributed by atoms with van der Waals surface area (Å²) in [4.78, 5) is 15.4. The Bertz CT molecular complexity index is 935. The first-order valence-corrected chi connectivity index (χ1v) is 9.82. The van der Waals surface area contributed by atoms with E-state index in [0.29, 0.717) is 18.0 Å². The van der Waals surface area contributed by atoms with Crippen molar-refractivity contribution in [2.75, 3.05) is 11.9 Å². The minimum absolute atomic E-state index is 0.0834. The molecule has 3 atom stereocenters. The van der Waals surface area contributed by atoms with Crippen molar-refractivity contribution in [2.24, 2.45) is 17.6 Å². The normalized spacial score (nSPS) is 24.1. The number of primary amides is 1. The van der Waals surface area contributed by atoms with Crippen molar-refractivity contribution in [1.82, 2.24) is 14.8 Å². The fraction of sp³-hybridized carbons (Fsp3) is 0.500. The minimum Gasteiger partial charge on any atom is -0.378 e. The number of nitriles is 1. The van der Waals surface area contributed by atoms with Crippen LogP contribution in [0, 0.1) is 29.1 Å². The molecule has 9 heteroatoms. The first-order valence-electron chi connectivity index (χ1n) is 9.82. The maximum Gasteiger partial charge on any atom is 0.254 e. The number of rotatable bonds is 7. The van der Waals surface area contributed by atoms with E-state index in [2.05, 4.69) is 21.5 Å². The fourth-order valence-electron chi connectivity index (χ4n) is 3.73. The number of hydrogen-bond acceptors (Lipinski definition) is 6. The molecule has 0 radical (unpaired) electrons. The zero-order valence-corrected chi connectivity index (χ0v) is 15.9. The van der Waals surface area contributed by atoms with Crippen LogP contribution in [-0.2, 0) is 4.74 Å². The molecule has 2 aliphatic rings. The number of carbonyl (C=O) groups excluding carboxylic acids is 1. The van der Waals surface area contributed by atoms with Crippen molar-refractivity contribution in [2.45, 2.75) is 44.2 Å². The van der Waals surface area contributed by atoms with Crippen LogP contribution in [0.3, 0.4) is 0 Å². The van der Waals surface area contributed by atoms with Crippen LogP contribution < -0.4 is 11.1 Å². The van der Waals surface area contributed by atoms with Crippen molar-refractivity contribution in [3.63, 3.8) is 0 Å². The van der Waals surface area contributed by atoms with Gasteiger partial charge in [0.25, 0.3) is 5.91 Å². The number of halogens is 1. The molecular weight excluding hydrogens is 375 g/mol. The quantitative estimate of drug-likeness (QED) is 0.692. The van der Waals surface area contributed by atoms with Gasteiger partial charge in [-0.15, -0.1) is 0 Å². The standard InChI is InChI=1S/C20H23FN6O2/c21-18-8-14(5-6-24-18)25-20-16(19(23)28)10-27(26-20)17-4-3-15(7-13(17)9-22)29-11-12-1-2-12/h5-6,8,10,12-13,15,17H,1-4,7,11H2,(H2,23,28)(H,24,25,26)/t13-,15-,17-/m1/s1. The molecule has 152 valence electrons. The monoisotopic (exact) mass is 398 g/mol. The third-order valence-electron chi connectivity index (χ3n) is 5.52. The van der Waals surface area contributed by atoms with Gasteiger partial charge in [-0.1, -0.05) is 0 Å². The molecular formula is C20H23FN6O2. The third-order valence-corrected chi connectivity index (χ3v) is 5.52. The highest BCUT2D eigenvalue weighted by Gasteiger charge is 2.34.